The Bertz CT molecular complexity index is 1120. The Morgan fingerprint density at radius 3 is 2.59 bits per heavy atom. The summed E-state index contributed by atoms with van der Waals surface area (Å²) < 4.78 is 24.6. The lowest BCUT2D eigenvalue weighted by atomic mass is 10.2. The predicted octanol–water partition coefficient (Wildman–Crippen LogP) is 5.74. The Morgan fingerprint density at radius 1 is 1.00 bits per heavy atom. The minimum Gasteiger partial charge on any atom is -0.457 e. The van der Waals surface area contributed by atoms with E-state index >= 15 is 0 Å². The second kappa shape index (κ2) is 7.02. The first kappa shape index (κ1) is 17.5. The Hall–Kier alpha value is -2.89. The van der Waals surface area contributed by atoms with Gasteiger partial charge in [-0.3, -0.25) is 0 Å². The van der Waals surface area contributed by atoms with E-state index in [1.165, 1.54) is 18.2 Å². The number of hydrogen-bond donors (Lipinski definition) is 0. The Kier molecular flexibility index (Phi) is 4.56. The number of esters is 1. The fourth-order valence-corrected chi connectivity index (χ4v) is 3.06. The molecule has 0 amide bonds. The zero-order valence-corrected chi connectivity index (χ0v) is 15.1. The van der Waals surface area contributed by atoms with Crippen molar-refractivity contribution in [1.82, 2.24) is 0 Å². The van der Waals surface area contributed by atoms with Crippen LogP contribution in [0.25, 0.3) is 17.4 Å². The molecule has 0 atom stereocenters. The van der Waals surface area contributed by atoms with Gasteiger partial charge in [0.25, 0.3) is 0 Å². The van der Waals surface area contributed by atoms with Crippen molar-refractivity contribution in [1.29, 1.82) is 0 Å². The first-order valence-corrected chi connectivity index (χ1v) is 8.59. The van der Waals surface area contributed by atoms with Crippen LogP contribution < -0.4 is 0 Å². The van der Waals surface area contributed by atoms with Gasteiger partial charge in [-0.25, -0.2) is 14.2 Å². The summed E-state index contributed by atoms with van der Waals surface area (Å²) in [5.41, 5.74) is 0.786. The molecule has 1 aliphatic heterocycles. The van der Waals surface area contributed by atoms with E-state index in [1.807, 2.05) is 0 Å². The molecule has 0 spiro atoms. The third-order valence-electron chi connectivity index (χ3n) is 3.83. The van der Waals surface area contributed by atoms with E-state index in [1.54, 1.807) is 42.5 Å². The lowest BCUT2D eigenvalue weighted by Gasteiger charge is -2.00. The van der Waals surface area contributed by atoms with Gasteiger partial charge in [0.2, 0.25) is 5.90 Å². The average molecular weight is 402 g/mol. The quantitative estimate of drug-likeness (QED) is 0.415. The molecule has 0 bridgehead atoms. The molecule has 0 unspecified atom stereocenters. The van der Waals surface area contributed by atoms with E-state index in [4.69, 9.17) is 32.4 Å². The molecule has 0 N–H and O–H groups in total. The average Bonchev–Trinajstić information content (AvgIpc) is 3.23. The van der Waals surface area contributed by atoms with E-state index in [2.05, 4.69) is 4.99 Å². The number of nitrogens with zero attached hydrogens (tertiary/aromatic N) is 1. The number of benzene rings is 2. The molecule has 0 saturated carbocycles. The smallest absolute Gasteiger partial charge is 0.363 e. The van der Waals surface area contributed by atoms with Crippen molar-refractivity contribution in [2.45, 2.75) is 0 Å². The highest BCUT2D eigenvalue weighted by molar-refractivity contribution is 6.36. The molecular weight excluding hydrogens is 392 g/mol. The minimum atomic E-state index is -0.685. The Balaban J connectivity index is 1.65. The monoisotopic (exact) mass is 401 g/mol. The molecule has 1 aliphatic rings. The van der Waals surface area contributed by atoms with Crippen molar-refractivity contribution in [3.63, 3.8) is 0 Å². The van der Waals surface area contributed by atoms with Crippen molar-refractivity contribution < 1.29 is 18.3 Å². The number of hydrogen-bond acceptors (Lipinski definition) is 4. The van der Waals surface area contributed by atoms with Crippen molar-refractivity contribution >= 4 is 41.1 Å². The van der Waals surface area contributed by atoms with Crippen molar-refractivity contribution in [2.24, 2.45) is 4.99 Å². The van der Waals surface area contributed by atoms with Gasteiger partial charge in [0, 0.05) is 16.7 Å². The second-order valence-electron chi connectivity index (χ2n) is 5.64. The number of aliphatic imine (C=N–C) groups is 1. The van der Waals surface area contributed by atoms with Gasteiger partial charge in [-0.1, -0.05) is 35.3 Å². The maximum atomic E-state index is 13.8. The summed E-state index contributed by atoms with van der Waals surface area (Å²) >= 11 is 12.1. The zero-order chi connectivity index (χ0) is 19.0. The highest BCUT2D eigenvalue weighted by Gasteiger charge is 2.26. The molecule has 4 nitrogen and oxygen atoms in total. The predicted molar refractivity (Wildman–Crippen MR) is 101 cm³/mol. The van der Waals surface area contributed by atoms with Crippen LogP contribution in [0.1, 0.15) is 11.3 Å². The molecule has 134 valence electrons. The highest BCUT2D eigenvalue weighted by Crippen LogP contribution is 2.32. The summed E-state index contributed by atoms with van der Waals surface area (Å²) in [5, 5.41) is 0.956. The summed E-state index contributed by atoms with van der Waals surface area (Å²) in [7, 11) is 0. The molecule has 2 aromatic carbocycles. The van der Waals surface area contributed by atoms with Crippen LogP contribution in [0.2, 0.25) is 10.0 Å². The van der Waals surface area contributed by atoms with E-state index in [0.29, 0.717) is 27.1 Å². The van der Waals surface area contributed by atoms with Gasteiger partial charge in [-0.15, -0.1) is 0 Å². The van der Waals surface area contributed by atoms with Crippen LogP contribution in [0.3, 0.4) is 0 Å². The summed E-state index contributed by atoms with van der Waals surface area (Å²) in [4.78, 5) is 16.1. The largest absolute Gasteiger partial charge is 0.457 e. The van der Waals surface area contributed by atoms with Gasteiger partial charge >= 0.3 is 5.97 Å². The van der Waals surface area contributed by atoms with E-state index in [-0.39, 0.29) is 17.2 Å². The van der Waals surface area contributed by atoms with Crippen LogP contribution in [0.15, 0.2) is 69.7 Å². The SMILES string of the molecule is O=C1OC(c2ccccc2F)=N/C1=C/c1ccc(-c2ccc(Cl)cc2Cl)o1. The number of carbonyl (C=O) groups is 1. The topological polar surface area (TPSA) is 51.8 Å². The number of ether oxygens (including phenoxy) is 1. The number of rotatable bonds is 3. The third-order valence-corrected chi connectivity index (χ3v) is 4.37. The summed E-state index contributed by atoms with van der Waals surface area (Å²) in [6.45, 7) is 0. The van der Waals surface area contributed by atoms with Gasteiger partial charge in [0.15, 0.2) is 5.70 Å². The summed E-state index contributed by atoms with van der Waals surface area (Å²) in [5.74, 6) is -0.412. The van der Waals surface area contributed by atoms with Gasteiger partial charge in [-0.2, -0.15) is 0 Å². The van der Waals surface area contributed by atoms with Crippen molar-refractivity contribution in [2.75, 3.05) is 0 Å². The van der Waals surface area contributed by atoms with Crippen LogP contribution in [0.5, 0.6) is 0 Å². The molecule has 7 heteroatoms. The van der Waals surface area contributed by atoms with E-state index in [9.17, 15) is 9.18 Å². The fraction of sp³-hybridized carbons (Fsp3) is 0. The molecule has 0 aliphatic carbocycles. The molecule has 2 heterocycles. The third kappa shape index (κ3) is 3.52. The maximum absolute atomic E-state index is 13.8. The summed E-state index contributed by atoms with van der Waals surface area (Å²) in [6.07, 6.45) is 1.42. The first-order chi connectivity index (χ1) is 13.0. The molecule has 0 fully saturated rings. The maximum Gasteiger partial charge on any atom is 0.363 e. The van der Waals surface area contributed by atoms with E-state index in [0.717, 1.165) is 0 Å². The van der Waals surface area contributed by atoms with Gasteiger partial charge in [-0.05, 0) is 42.5 Å². The molecule has 3 aromatic rings. The van der Waals surface area contributed by atoms with Crippen LogP contribution >= 0.6 is 23.2 Å². The Labute approximate surface area is 163 Å². The summed E-state index contributed by atoms with van der Waals surface area (Å²) in [6, 6.07) is 14.3. The lowest BCUT2D eigenvalue weighted by molar-refractivity contribution is -0.129. The molecular formula is C20H10Cl2FNO3. The molecule has 0 radical (unpaired) electrons. The van der Waals surface area contributed by atoms with Crippen LogP contribution in [-0.4, -0.2) is 11.9 Å². The highest BCUT2D eigenvalue weighted by atomic mass is 35.5. The van der Waals surface area contributed by atoms with Gasteiger partial charge < -0.3 is 9.15 Å². The number of furan rings is 1. The van der Waals surface area contributed by atoms with Gasteiger partial charge in [0.1, 0.15) is 17.3 Å². The second-order valence-corrected chi connectivity index (χ2v) is 6.49. The van der Waals surface area contributed by atoms with Crippen molar-refractivity contribution in [3.8, 4) is 11.3 Å². The normalized spacial score (nSPS) is 15.1. The lowest BCUT2D eigenvalue weighted by Crippen LogP contribution is -2.07. The fourth-order valence-electron chi connectivity index (χ4n) is 2.56. The number of cyclic esters (lactones) is 1. The molecule has 0 saturated heterocycles. The standard InChI is InChI=1S/C20H10Cl2FNO3/c21-11-5-7-13(15(22)9-11)18-8-6-12(26-18)10-17-20(25)27-19(24-17)14-3-1-2-4-16(14)23/h1-10H/b17-10+. The van der Waals surface area contributed by atoms with Gasteiger partial charge in [0.05, 0.1) is 10.6 Å². The van der Waals surface area contributed by atoms with Crippen LogP contribution in [0, 0.1) is 5.82 Å². The van der Waals surface area contributed by atoms with E-state index < -0.39 is 11.8 Å². The van der Waals surface area contributed by atoms with Crippen molar-refractivity contribution in [3.05, 3.63) is 87.5 Å². The van der Waals surface area contributed by atoms with Crippen LogP contribution in [-0.2, 0) is 9.53 Å². The number of halogens is 3. The molecule has 4 rings (SSSR count). The first-order valence-electron chi connectivity index (χ1n) is 7.84. The minimum absolute atomic E-state index is 0.0105. The Morgan fingerprint density at radius 2 is 1.81 bits per heavy atom. The number of carbonyl (C=O) groups excluding carboxylic acids is 1. The molecule has 1 aromatic heterocycles. The molecule has 27 heavy (non-hydrogen) atoms. The zero-order valence-electron chi connectivity index (χ0n) is 13.6. The van der Waals surface area contributed by atoms with Crippen LogP contribution in [0.4, 0.5) is 4.39 Å².